The molecule has 0 N–H and O–H groups in total. The Bertz CT molecular complexity index is 709. The first kappa shape index (κ1) is 20.6. The molecule has 0 spiro atoms. The Kier molecular flexibility index (Phi) is 7.63. The van der Waals surface area contributed by atoms with Gasteiger partial charge in [0.05, 0.1) is 6.54 Å². The van der Waals surface area contributed by atoms with Crippen molar-refractivity contribution in [1.82, 2.24) is 14.7 Å². The van der Waals surface area contributed by atoms with Crippen molar-refractivity contribution in [3.05, 3.63) is 71.8 Å². The summed E-state index contributed by atoms with van der Waals surface area (Å²) in [5.41, 5.74) is 2.59. The SMILES string of the molecule is CC(C)N(Cc1ccccc1)C(=O)CN1CCN(CCc2ccccc2)CC1. The van der Waals surface area contributed by atoms with Crippen molar-refractivity contribution >= 4 is 5.91 Å². The van der Waals surface area contributed by atoms with Gasteiger partial charge in [0.15, 0.2) is 0 Å². The molecule has 0 aromatic heterocycles. The number of hydrogen-bond donors (Lipinski definition) is 0. The summed E-state index contributed by atoms with van der Waals surface area (Å²) in [6, 6.07) is 21.1. The van der Waals surface area contributed by atoms with Gasteiger partial charge in [0.25, 0.3) is 0 Å². The number of carbonyl (C=O) groups excluding carboxylic acids is 1. The summed E-state index contributed by atoms with van der Waals surface area (Å²) in [5.74, 6) is 0.233. The van der Waals surface area contributed by atoms with Crippen LogP contribution in [-0.2, 0) is 17.8 Å². The zero-order chi connectivity index (χ0) is 19.8. The van der Waals surface area contributed by atoms with E-state index in [4.69, 9.17) is 0 Å². The summed E-state index contributed by atoms with van der Waals surface area (Å²) in [6.45, 7) is 10.5. The van der Waals surface area contributed by atoms with Crippen LogP contribution in [-0.4, -0.2) is 65.9 Å². The first-order chi connectivity index (χ1) is 13.6. The van der Waals surface area contributed by atoms with Crippen LogP contribution in [0.3, 0.4) is 0 Å². The summed E-state index contributed by atoms with van der Waals surface area (Å²) in [5, 5.41) is 0. The van der Waals surface area contributed by atoms with Gasteiger partial charge in [-0.15, -0.1) is 0 Å². The maximum absolute atomic E-state index is 12.9. The quantitative estimate of drug-likeness (QED) is 0.704. The van der Waals surface area contributed by atoms with Crippen LogP contribution in [0.15, 0.2) is 60.7 Å². The van der Waals surface area contributed by atoms with Gasteiger partial charge in [0.1, 0.15) is 0 Å². The van der Waals surface area contributed by atoms with Crippen molar-refractivity contribution in [2.45, 2.75) is 32.9 Å². The van der Waals surface area contributed by atoms with Gasteiger partial charge in [-0.05, 0) is 31.4 Å². The Hall–Kier alpha value is -2.17. The van der Waals surface area contributed by atoms with Crippen molar-refractivity contribution in [1.29, 1.82) is 0 Å². The van der Waals surface area contributed by atoms with E-state index < -0.39 is 0 Å². The molecule has 1 fully saturated rings. The predicted molar refractivity (Wildman–Crippen MR) is 115 cm³/mol. The van der Waals surface area contributed by atoms with Crippen LogP contribution in [0.25, 0.3) is 0 Å². The molecule has 0 unspecified atom stereocenters. The molecule has 1 heterocycles. The van der Waals surface area contributed by atoms with E-state index in [9.17, 15) is 4.79 Å². The number of hydrogen-bond acceptors (Lipinski definition) is 3. The molecule has 1 saturated heterocycles. The third kappa shape index (κ3) is 6.18. The molecular formula is C24H33N3O. The maximum Gasteiger partial charge on any atom is 0.237 e. The van der Waals surface area contributed by atoms with Crippen molar-refractivity contribution in [2.75, 3.05) is 39.3 Å². The van der Waals surface area contributed by atoms with E-state index in [1.165, 1.54) is 11.1 Å². The summed E-state index contributed by atoms with van der Waals surface area (Å²) in [6.07, 6.45) is 1.10. The molecule has 4 heteroatoms. The second-order valence-electron chi connectivity index (χ2n) is 7.95. The average Bonchev–Trinajstić information content (AvgIpc) is 2.73. The zero-order valence-corrected chi connectivity index (χ0v) is 17.3. The van der Waals surface area contributed by atoms with Crippen LogP contribution in [0, 0.1) is 0 Å². The zero-order valence-electron chi connectivity index (χ0n) is 17.3. The molecule has 0 aliphatic carbocycles. The lowest BCUT2D eigenvalue weighted by molar-refractivity contribution is -0.135. The molecule has 0 saturated carbocycles. The summed E-state index contributed by atoms with van der Waals surface area (Å²) >= 11 is 0. The fourth-order valence-electron chi connectivity index (χ4n) is 3.72. The second kappa shape index (κ2) is 10.4. The maximum atomic E-state index is 12.9. The number of nitrogens with zero attached hydrogens (tertiary/aromatic N) is 3. The fourth-order valence-corrected chi connectivity index (χ4v) is 3.72. The highest BCUT2D eigenvalue weighted by Gasteiger charge is 2.23. The van der Waals surface area contributed by atoms with Gasteiger partial charge in [0.2, 0.25) is 5.91 Å². The molecule has 1 aliphatic heterocycles. The molecule has 150 valence electrons. The first-order valence-corrected chi connectivity index (χ1v) is 10.4. The smallest absolute Gasteiger partial charge is 0.237 e. The summed E-state index contributed by atoms with van der Waals surface area (Å²) in [4.78, 5) is 19.7. The number of benzene rings is 2. The molecule has 0 radical (unpaired) electrons. The highest BCUT2D eigenvalue weighted by atomic mass is 16.2. The van der Waals surface area contributed by atoms with Gasteiger partial charge < -0.3 is 9.80 Å². The Balaban J connectivity index is 1.44. The molecule has 1 aliphatic rings. The van der Waals surface area contributed by atoms with Crippen molar-refractivity contribution in [3.8, 4) is 0 Å². The van der Waals surface area contributed by atoms with Gasteiger partial charge in [0, 0.05) is 45.3 Å². The molecular weight excluding hydrogens is 346 g/mol. The minimum absolute atomic E-state index is 0.208. The second-order valence-corrected chi connectivity index (χ2v) is 7.95. The van der Waals surface area contributed by atoms with Crippen LogP contribution in [0.1, 0.15) is 25.0 Å². The number of amides is 1. The minimum atomic E-state index is 0.208. The molecule has 0 bridgehead atoms. The molecule has 3 rings (SSSR count). The van der Waals surface area contributed by atoms with E-state index in [0.29, 0.717) is 13.1 Å². The topological polar surface area (TPSA) is 26.8 Å². The van der Waals surface area contributed by atoms with Gasteiger partial charge in [-0.1, -0.05) is 60.7 Å². The van der Waals surface area contributed by atoms with Crippen molar-refractivity contribution in [3.63, 3.8) is 0 Å². The van der Waals surface area contributed by atoms with Crippen LogP contribution in [0.5, 0.6) is 0 Å². The first-order valence-electron chi connectivity index (χ1n) is 10.4. The van der Waals surface area contributed by atoms with E-state index in [1.807, 2.05) is 23.1 Å². The van der Waals surface area contributed by atoms with Crippen LogP contribution >= 0.6 is 0 Å². The van der Waals surface area contributed by atoms with Gasteiger partial charge in [-0.25, -0.2) is 0 Å². The van der Waals surface area contributed by atoms with E-state index in [0.717, 1.165) is 39.1 Å². The largest absolute Gasteiger partial charge is 0.335 e. The van der Waals surface area contributed by atoms with Gasteiger partial charge in [-0.3, -0.25) is 9.69 Å². The van der Waals surface area contributed by atoms with E-state index in [2.05, 4.69) is 66.1 Å². The molecule has 2 aromatic carbocycles. The lowest BCUT2D eigenvalue weighted by Gasteiger charge is -2.36. The van der Waals surface area contributed by atoms with E-state index in [-0.39, 0.29) is 11.9 Å². The minimum Gasteiger partial charge on any atom is -0.335 e. The highest BCUT2D eigenvalue weighted by Crippen LogP contribution is 2.11. The van der Waals surface area contributed by atoms with Crippen LogP contribution < -0.4 is 0 Å². The highest BCUT2D eigenvalue weighted by molar-refractivity contribution is 5.78. The average molecular weight is 380 g/mol. The normalized spacial score (nSPS) is 15.7. The summed E-state index contributed by atoms with van der Waals surface area (Å²) < 4.78 is 0. The van der Waals surface area contributed by atoms with Crippen LogP contribution in [0.4, 0.5) is 0 Å². The van der Waals surface area contributed by atoms with Crippen molar-refractivity contribution < 1.29 is 4.79 Å². The fraction of sp³-hybridized carbons (Fsp3) is 0.458. The molecule has 4 nitrogen and oxygen atoms in total. The lowest BCUT2D eigenvalue weighted by atomic mass is 10.1. The Morgan fingerprint density at radius 2 is 1.39 bits per heavy atom. The Morgan fingerprint density at radius 3 is 1.96 bits per heavy atom. The Morgan fingerprint density at radius 1 is 0.857 bits per heavy atom. The van der Waals surface area contributed by atoms with Gasteiger partial charge >= 0.3 is 0 Å². The molecule has 1 amide bonds. The number of piperazine rings is 1. The lowest BCUT2D eigenvalue weighted by Crippen LogP contribution is -2.51. The van der Waals surface area contributed by atoms with Crippen molar-refractivity contribution in [2.24, 2.45) is 0 Å². The molecule has 2 aromatic rings. The van der Waals surface area contributed by atoms with E-state index in [1.54, 1.807) is 0 Å². The monoisotopic (exact) mass is 379 g/mol. The van der Waals surface area contributed by atoms with Gasteiger partial charge in [-0.2, -0.15) is 0 Å². The third-order valence-corrected chi connectivity index (χ3v) is 5.52. The predicted octanol–water partition coefficient (Wildman–Crippen LogP) is 3.28. The van der Waals surface area contributed by atoms with Crippen LogP contribution in [0.2, 0.25) is 0 Å². The summed E-state index contributed by atoms with van der Waals surface area (Å²) in [7, 11) is 0. The van der Waals surface area contributed by atoms with E-state index >= 15 is 0 Å². The molecule has 0 atom stereocenters. The third-order valence-electron chi connectivity index (χ3n) is 5.52. The number of rotatable bonds is 8. The molecule has 28 heavy (non-hydrogen) atoms. The number of carbonyl (C=O) groups is 1. The standard InChI is InChI=1S/C24H33N3O/c1-21(2)27(19-23-11-7-4-8-12-23)24(28)20-26-17-15-25(16-18-26)14-13-22-9-5-3-6-10-22/h3-12,21H,13-20H2,1-2H3. The Labute approximate surface area is 169 Å².